The zero-order valence-electron chi connectivity index (χ0n) is 18.2. The van der Waals surface area contributed by atoms with Gasteiger partial charge in [-0.15, -0.1) is 10.2 Å². The van der Waals surface area contributed by atoms with Gasteiger partial charge in [0, 0.05) is 18.1 Å². The zero-order valence-corrected chi connectivity index (χ0v) is 19.0. The van der Waals surface area contributed by atoms with Gasteiger partial charge in [-0.1, -0.05) is 54.2 Å². The maximum absolute atomic E-state index is 12.5. The molecule has 0 saturated heterocycles. The van der Waals surface area contributed by atoms with Crippen LogP contribution in [0.1, 0.15) is 11.4 Å². The second-order valence-corrected chi connectivity index (χ2v) is 8.21. The average molecular weight is 449 g/mol. The summed E-state index contributed by atoms with van der Waals surface area (Å²) in [5, 5.41) is 14.1. The van der Waals surface area contributed by atoms with E-state index >= 15 is 0 Å². The van der Waals surface area contributed by atoms with Crippen LogP contribution < -0.4 is 14.8 Å². The molecule has 1 aromatic heterocycles. The van der Waals surface area contributed by atoms with Gasteiger partial charge in [0.1, 0.15) is 6.61 Å². The molecular formula is C24H24N4O3S. The minimum atomic E-state index is -0.100. The van der Waals surface area contributed by atoms with Crippen molar-refractivity contribution in [2.45, 2.75) is 18.7 Å². The summed E-state index contributed by atoms with van der Waals surface area (Å²) >= 11 is 1.33. The van der Waals surface area contributed by atoms with E-state index in [0.29, 0.717) is 22.5 Å². The number of anilines is 1. The molecule has 1 heterocycles. The first-order valence-corrected chi connectivity index (χ1v) is 11.1. The fourth-order valence-corrected chi connectivity index (χ4v) is 4.01. The monoisotopic (exact) mass is 448 g/mol. The third-order valence-electron chi connectivity index (χ3n) is 5.00. The molecule has 0 unspecified atom stereocenters. The van der Waals surface area contributed by atoms with E-state index in [4.69, 9.17) is 9.47 Å². The highest BCUT2D eigenvalue weighted by atomic mass is 32.2. The number of carbonyl (C=O) groups excluding carboxylic acids is 1. The Labute approximate surface area is 190 Å². The van der Waals surface area contributed by atoms with Crippen molar-refractivity contribution in [2.24, 2.45) is 7.05 Å². The minimum absolute atomic E-state index is 0.100. The lowest BCUT2D eigenvalue weighted by molar-refractivity contribution is -0.113. The topological polar surface area (TPSA) is 78.3 Å². The van der Waals surface area contributed by atoms with E-state index in [-0.39, 0.29) is 18.3 Å². The second kappa shape index (κ2) is 9.74. The number of methoxy groups -OCH3 is 1. The van der Waals surface area contributed by atoms with Crippen molar-refractivity contribution in [2.75, 3.05) is 18.2 Å². The van der Waals surface area contributed by atoms with Crippen LogP contribution in [0.15, 0.2) is 65.8 Å². The molecule has 0 saturated carbocycles. The van der Waals surface area contributed by atoms with Gasteiger partial charge in [0.2, 0.25) is 5.91 Å². The molecule has 1 amide bonds. The minimum Gasteiger partial charge on any atom is -0.493 e. The number of nitrogens with zero attached hydrogens (tertiary/aromatic N) is 3. The van der Waals surface area contributed by atoms with Gasteiger partial charge >= 0.3 is 0 Å². The van der Waals surface area contributed by atoms with E-state index in [0.717, 1.165) is 22.0 Å². The van der Waals surface area contributed by atoms with Gasteiger partial charge in [-0.05, 0) is 36.1 Å². The van der Waals surface area contributed by atoms with Gasteiger partial charge in [-0.3, -0.25) is 4.79 Å². The lowest BCUT2D eigenvalue weighted by Crippen LogP contribution is -2.14. The van der Waals surface area contributed by atoms with E-state index in [2.05, 4.69) is 15.5 Å². The second-order valence-electron chi connectivity index (χ2n) is 7.26. The van der Waals surface area contributed by atoms with Crippen LogP contribution in [0.4, 0.5) is 5.69 Å². The first-order chi connectivity index (χ1) is 15.5. The number of nitrogens with one attached hydrogen (secondary N) is 1. The summed E-state index contributed by atoms with van der Waals surface area (Å²) in [7, 11) is 3.47. The first-order valence-electron chi connectivity index (χ1n) is 10.1. The van der Waals surface area contributed by atoms with Crippen molar-refractivity contribution < 1.29 is 14.3 Å². The number of rotatable bonds is 8. The molecule has 0 aliphatic carbocycles. The summed E-state index contributed by atoms with van der Waals surface area (Å²) < 4.78 is 13.1. The number of ether oxygens (including phenoxy) is 2. The Hall–Kier alpha value is -3.52. The summed E-state index contributed by atoms with van der Waals surface area (Å²) in [6.07, 6.45) is 0. The molecule has 4 aromatic rings. The molecule has 0 bridgehead atoms. The molecule has 4 rings (SSSR count). The maximum Gasteiger partial charge on any atom is 0.234 e. The molecule has 0 atom stereocenters. The number of amides is 1. The van der Waals surface area contributed by atoms with Crippen molar-refractivity contribution in [3.63, 3.8) is 0 Å². The fourth-order valence-electron chi connectivity index (χ4n) is 3.28. The molecule has 1 N–H and O–H groups in total. The van der Waals surface area contributed by atoms with E-state index in [1.807, 2.05) is 79.2 Å². The lowest BCUT2D eigenvalue weighted by Gasteiger charge is -2.11. The van der Waals surface area contributed by atoms with E-state index in [1.165, 1.54) is 11.8 Å². The van der Waals surface area contributed by atoms with Crippen LogP contribution in [0.5, 0.6) is 11.5 Å². The number of thioether (sulfide) groups is 1. The van der Waals surface area contributed by atoms with E-state index in [9.17, 15) is 4.79 Å². The van der Waals surface area contributed by atoms with Gasteiger partial charge in [-0.2, -0.15) is 0 Å². The molecule has 0 spiro atoms. The van der Waals surface area contributed by atoms with Crippen LogP contribution in [0, 0.1) is 6.92 Å². The van der Waals surface area contributed by atoms with Crippen LogP contribution in [0.3, 0.4) is 0 Å². The Kier molecular flexibility index (Phi) is 6.61. The van der Waals surface area contributed by atoms with E-state index in [1.54, 1.807) is 7.11 Å². The first kappa shape index (κ1) is 21.7. The molecule has 0 radical (unpaired) electrons. The van der Waals surface area contributed by atoms with Gasteiger partial charge in [0.15, 0.2) is 22.5 Å². The Bertz CT molecular complexity index is 1250. The highest BCUT2D eigenvalue weighted by Crippen LogP contribution is 2.29. The highest BCUT2D eigenvalue weighted by molar-refractivity contribution is 7.99. The summed E-state index contributed by atoms with van der Waals surface area (Å²) in [6, 6.07) is 19.6. The molecule has 164 valence electrons. The Morgan fingerprint density at radius 1 is 1.06 bits per heavy atom. The smallest absolute Gasteiger partial charge is 0.234 e. The van der Waals surface area contributed by atoms with Crippen LogP contribution in [0.25, 0.3) is 10.8 Å². The lowest BCUT2D eigenvalue weighted by atomic mass is 10.1. The van der Waals surface area contributed by atoms with Crippen molar-refractivity contribution >= 4 is 34.1 Å². The summed E-state index contributed by atoms with van der Waals surface area (Å²) in [5.41, 5.74) is 1.89. The third-order valence-corrected chi connectivity index (χ3v) is 6.02. The van der Waals surface area contributed by atoms with Crippen molar-refractivity contribution in [1.29, 1.82) is 0 Å². The standard InChI is InChI=1S/C24H24N4O3S/c1-16-11-12-20(21(13-16)30-3)31-14-22-26-27-24(28(22)2)32-15-23(29)25-19-10-6-8-17-7-4-5-9-18(17)19/h4-13H,14-15H2,1-3H3,(H,25,29). The Morgan fingerprint density at radius 3 is 2.72 bits per heavy atom. The number of hydrogen-bond donors (Lipinski definition) is 1. The van der Waals surface area contributed by atoms with Crippen LogP contribution in [-0.2, 0) is 18.4 Å². The number of carbonyl (C=O) groups is 1. The zero-order chi connectivity index (χ0) is 22.5. The fraction of sp³-hybridized carbons (Fsp3) is 0.208. The molecule has 0 aliphatic heterocycles. The number of benzene rings is 3. The van der Waals surface area contributed by atoms with Gasteiger partial charge in [0.05, 0.1) is 12.9 Å². The molecule has 32 heavy (non-hydrogen) atoms. The number of hydrogen-bond acceptors (Lipinski definition) is 6. The number of fused-ring (bicyclic) bond motifs is 1. The Balaban J connectivity index is 1.36. The van der Waals surface area contributed by atoms with Gasteiger partial charge in [0.25, 0.3) is 0 Å². The van der Waals surface area contributed by atoms with Crippen molar-refractivity contribution in [1.82, 2.24) is 14.8 Å². The Morgan fingerprint density at radius 2 is 1.88 bits per heavy atom. The van der Waals surface area contributed by atoms with Crippen LogP contribution >= 0.6 is 11.8 Å². The predicted molar refractivity (Wildman–Crippen MR) is 126 cm³/mol. The van der Waals surface area contributed by atoms with Crippen molar-refractivity contribution in [3.05, 3.63) is 72.1 Å². The summed E-state index contributed by atoms with van der Waals surface area (Å²) in [5.74, 6) is 2.10. The van der Waals surface area contributed by atoms with Crippen LogP contribution in [-0.4, -0.2) is 33.5 Å². The highest BCUT2D eigenvalue weighted by Gasteiger charge is 2.14. The molecular weight excluding hydrogens is 424 g/mol. The molecule has 7 nitrogen and oxygen atoms in total. The largest absolute Gasteiger partial charge is 0.493 e. The number of aromatic nitrogens is 3. The molecule has 8 heteroatoms. The van der Waals surface area contributed by atoms with Gasteiger partial charge < -0.3 is 19.4 Å². The predicted octanol–water partition coefficient (Wildman–Crippen LogP) is 4.60. The van der Waals surface area contributed by atoms with E-state index < -0.39 is 0 Å². The third kappa shape index (κ3) is 4.86. The molecule has 3 aromatic carbocycles. The molecule has 0 fully saturated rings. The number of aryl methyl sites for hydroxylation is 1. The summed E-state index contributed by atoms with van der Waals surface area (Å²) in [4.78, 5) is 12.5. The quantitative estimate of drug-likeness (QED) is 0.397. The van der Waals surface area contributed by atoms with Crippen molar-refractivity contribution in [3.8, 4) is 11.5 Å². The molecule has 0 aliphatic rings. The normalized spacial score (nSPS) is 10.8. The van der Waals surface area contributed by atoms with Crippen LogP contribution in [0.2, 0.25) is 0 Å². The maximum atomic E-state index is 12.5. The van der Waals surface area contributed by atoms with Gasteiger partial charge in [-0.25, -0.2) is 0 Å². The SMILES string of the molecule is COc1cc(C)ccc1OCc1nnc(SCC(=O)Nc2cccc3ccccc23)n1C. The summed E-state index contributed by atoms with van der Waals surface area (Å²) in [6.45, 7) is 2.24. The average Bonchev–Trinajstić information content (AvgIpc) is 3.16.